The summed E-state index contributed by atoms with van der Waals surface area (Å²) in [5.74, 6) is -0.863. The van der Waals surface area contributed by atoms with E-state index in [1.165, 1.54) is 24.5 Å². The van der Waals surface area contributed by atoms with Crippen molar-refractivity contribution >= 4 is 33.2 Å². The van der Waals surface area contributed by atoms with Gasteiger partial charge in [0.15, 0.2) is 0 Å². The SMILES string of the molecule is O=C(Nc1ccc([N+](=O)[O-])cc1O)c1cncc(Br)c1. The third kappa shape index (κ3) is 3.09. The first-order valence-electron chi connectivity index (χ1n) is 5.36. The Morgan fingerprint density at radius 3 is 2.70 bits per heavy atom. The smallest absolute Gasteiger partial charge is 0.273 e. The predicted octanol–water partition coefficient (Wildman–Crippen LogP) is 2.71. The number of pyridine rings is 1. The third-order valence-corrected chi connectivity index (χ3v) is 2.84. The maximum Gasteiger partial charge on any atom is 0.273 e. The van der Waals surface area contributed by atoms with Crippen LogP contribution in [0.1, 0.15) is 10.4 Å². The van der Waals surface area contributed by atoms with Crippen LogP contribution < -0.4 is 5.32 Å². The number of amides is 1. The standard InChI is InChI=1S/C12H8BrN3O4/c13-8-3-7(5-14-6-8)12(18)15-10-2-1-9(16(19)20)4-11(10)17/h1-6,17H,(H,15,18). The van der Waals surface area contributed by atoms with E-state index in [-0.39, 0.29) is 22.7 Å². The second kappa shape index (κ2) is 5.66. The molecule has 1 amide bonds. The molecule has 0 spiro atoms. The highest BCUT2D eigenvalue weighted by molar-refractivity contribution is 9.10. The Kier molecular flexibility index (Phi) is 3.94. The molecule has 1 heterocycles. The number of non-ortho nitro benzene ring substituents is 1. The van der Waals surface area contributed by atoms with Crippen molar-refractivity contribution in [3.8, 4) is 5.75 Å². The van der Waals surface area contributed by atoms with Gasteiger partial charge >= 0.3 is 0 Å². The van der Waals surface area contributed by atoms with Crippen LogP contribution in [-0.4, -0.2) is 20.9 Å². The first kappa shape index (κ1) is 13.9. The van der Waals surface area contributed by atoms with Crippen molar-refractivity contribution < 1.29 is 14.8 Å². The monoisotopic (exact) mass is 337 g/mol. The van der Waals surface area contributed by atoms with Crippen LogP contribution in [-0.2, 0) is 0 Å². The Hall–Kier alpha value is -2.48. The molecular formula is C12H8BrN3O4. The van der Waals surface area contributed by atoms with Gasteiger partial charge in [-0.25, -0.2) is 0 Å². The number of aromatic nitrogens is 1. The largest absolute Gasteiger partial charge is 0.506 e. The number of halogens is 1. The minimum atomic E-state index is -0.635. The van der Waals surface area contributed by atoms with Crippen LogP contribution in [0.25, 0.3) is 0 Å². The number of hydrogen-bond donors (Lipinski definition) is 2. The highest BCUT2D eigenvalue weighted by Crippen LogP contribution is 2.28. The Balaban J connectivity index is 2.22. The fourth-order valence-electron chi connectivity index (χ4n) is 1.47. The molecule has 0 radical (unpaired) electrons. The molecule has 0 fully saturated rings. The van der Waals surface area contributed by atoms with Crippen LogP contribution >= 0.6 is 15.9 Å². The van der Waals surface area contributed by atoms with Crippen LogP contribution in [0.5, 0.6) is 5.75 Å². The normalized spacial score (nSPS) is 10.1. The van der Waals surface area contributed by atoms with Crippen molar-refractivity contribution in [3.63, 3.8) is 0 Å². The van der Waals surface area contributed by atoms with Gasteiger partial charge in [-0.3, -0.25) is 19.9 Å². The van der Waals surface area contributed by atoms with Gasteiger partial charge < -0.3 is 10.4 Å². The molecule has 8 heteroatoms. The Morgan fingerprint density at radius 1 is 1.35 bits per heavy atom. The number of nitrogens with one attached hydrogen (secondary N) is 1. The summed E-state index contributed by atoms with van der Waals surface area (Å²) in [5.41, 5.74) is 0.113. The number of aromatic hydroxyl groups is 1. The second-order valence-corrected chi connectivity index (χ2v) is 4.72. The number of nitro benzene ring substituents is 1. The van der Waals surface area contributed by atoms with Gasteiger partial charge in [0.05, 0.1) is 22.2 Å². The number of phenols is 1. The lowest BCUT2D eigenvalue weighted by molar-refractivity contribution is -0.384. The summed E-state index contributed by atoms with van der Waals surface area (Å²) >= 11 is 3.19. The van der Waals surface area contributed by atoms with Gasteiger partial charge in [-0.2, -0.15) is 0 Å². The highest BCUT2D eigenvalue weighted by Gasteiger charge is 2.13. The molecule has 0 aliphatic heterocycles. The summed E-state index contributed by atoms with van der Waals surface area (Å²) < 4.78 is 0.637. The number of rotatable bonds is 3. The van der Waals surface area contributed by atoms with E-state index < -0.39 is 10.8 Å². The van der Waals surface area contributed by atoms with E-state index >= 15 is 0 Å². The topological polar surface area (TPSA) is 105 Å². The number of hydrogen-bond acceptors (Lipinski definition) is 5. The van der Waals surface area contributed by atoms with Crippen LogP contribution in [0.4, 0.5) is 11.4 Å². The Bertz CT molecular complexity index is 690. The maximum absolute atomic E-state index is 11.9. The molecule has 1 aromatic heterocycles. The fourth-order valence-corrected chi connectivity index (χ4v) is 1.83. The van der Waals surface area contributed by atoms with Gasteiger partial charge in [-0.1, -0.05) is 0 Å². The van der Waals surface area contributed by atoms with E-state index in [1.54, 1.807) is 6.07 Å². The average Bonchev–Trinajstić information content (AvgIpc) is 2.40. The quantitative estimate of drug-likeness (QED) is 0.508. The summed E-state index contributed by atoms with van der Waals surface area (Å²) in [6.45, 7) is 0. The van der Waals surface area contributed by atoms with Crippen molar-refractivity contribution in [2.75, 3.05) is 5.32 Å². The van der Waals surface area contributed by atoms with E-state index in [1.807, 2.05) is 0 Å². The summed E-state index contributed by atoms with van der Waals surface area (Å²) in [4.78, 5) is 25.7. The van der Waals surface area contributed by atoms with Crippen LogP contribution in [0.2, 0.25) is 0 Å². The maximum atomic E-state index is 11.9. The van der Waals surface area contributed by atoms with Gasteiger partial charge in [0.1, 0.15) is 5.75 Å². The van der Waals surface area contributed by atoms with Crippen molar-refractivity contribution in [2.24, 2.45) is 0 Å². The zero-order valence-electron chi connectivity index (χ0n) is 9.91. The van der Waals surface area contributed by atoms with E-state index in [0.717, 1.165) is 6.07 Å². The molecule has 20 heavy (non-hydrogen) atoms. The van der Waals surface area contributed by atoms with Crippen molar-refractivity contribution in [2.45, 2.75) is 0 Å². The zero-order valence-corrected chi connectivity index (χ0v) is 11.5. The first-order chi connectivity index (χ1) is 9.47. The fraction of sp³-hybridized carbons (Fsp3) is 0. The predicted molar refractivity (Wildman–Crippen MR) is 74.7 cm³/mol. The van der Waals surface area contributed by atoms with Crippen molar-refractivity contribution in [3.05, 3.63) is 56.8 Å². The molecule has 0 bridgehead atoms. The molecular weight excluding hydrogens is 330 g/mol. The summed E-state index contributed by atoms with van der Waals surface area (Å²) in [7, 11) is 0. The lowest BCUT2D eigenvalue weighted by Gasteiger charge is -2.07. The third-order valence-electron chi connectivity index (χ3n) is 2.41. The minimum Gasteiger partial charge on any atom is -0.506 e. The minimum absolute atomic E-state index is 0.0839. The summed E-state index contributed by atoms with van der Waals surface area (Å²) in [6.07, 6.45) is 2.89. The number of nitro groups is 1. The number of benzene rings is 1. The molecule has 0 unspecified atom stereocenters. The molecule has 0 saturated carbocycles. The van der Waals surface area contributed by atoms with Gasteiger partial charge in [0.2, 0.25) is 0 Å². The molecule has 0 aliphatic rings. The van der Waals surface area contributed by atoms with Crippen LogP contribution in [0, 0.1) is 10.1 Å². The lowest BCUT2D eigenvalue weighted by atomic mass is 10.2. The van der Waals surface area contributed by atoms with E-state index in [4.69, 9.17) is 0 Å². The van der Waals surface area contributed by atoms with Gasteiger partial charge in [0, 0.05) is 22.9 Å². The number of carbonyl (C=O) groups is 1. The molecule has 2 aromatic rings. The first-order valence-corrected chi connectivity index (χ1v) is 6.16. The van der Waals surface area contributed by atoms with Crippen molar-refractivity contribution in [1.82, 2.24) is 4.98 Å². The molecule has 1 aromatic carbocycles. The van der Waals surface area contributed by atoms with E-state index in [9.17, 15) is 20.0 Å². The molecule has 0 saturated heterocycles. The number of nitrogens with zero attached hydrogens (tertiary/aromatic N) is 2. The average molecular weight is 338 g/mol. The second-order valence-electron chi connectivity index (χ2n) is 3.80. The van der Waals surface area contributed by atoms with Gasteiger partial charge in [-0.05, 0) is 28.1 Å². The molecule has 7 nitrogen and oxygen atoms in total. The molecule has 0 aliphatic carbocycles. The molecule has 102 valence electrons. The summed E-state index contributed by atoms with van der Waals surface area (Å²) in [5, 5.41) is 22.6. The molecule has 2 rings (SSSR count). The lowest BCUT2D eigenvalue weighted by Crippen LogP contribution is -2.12. The van der Waals surface area contributed by atoms with Gasteiger partial charge in [-0.15, -0.1) is 0 Å². The summed E-state index contributed by atoms with van der Waals surface area (Å²) in [6, 6.07) is 4.98. The number of carbonyl (C=O) groups excluding carboxylic acids is 1. The number of phenolic OH excluding ortho intramolecular Hbond substituents is 1. The van der Waals surface area contributed by atoms with E-state index in [0.29, 0.717) is 4.47 Å². The number of anilines is 1. The van der Waals surface area contributed by atoms with E-state index in [2.05, 4.69) is 26.2 Å². The van der Waals surface area contributed by atoms with Crippen LogP contribution in [0.3, 0.4) is 0 Å². The highest BCUT2D eigenvalue weighted by atomic mass is 79.9. The van der Waals surface area contributed by atoms with Gasteiger partial charge in [0.25, 0.3) is 11.6 Å². The Morgan fingerprint density at radius 2 is 2.10 bits per heavy atom. The zero-order chi connectivity index (χ0) is 14.7. The van der Waals surface area contributed by atoms with Crippen LogP contribution in [0.15, 0.2) is 41.1 Å². The molecule has 0 atom stereocenters. The Labute approximate surface area is 121 Å². The molecule has 2 N–H and O–H groups in total. The van der Waals surface area contributed by atoms with Crippen molar-refractivity contribution in [1.29, 1.82) is 0 Å².